The number of nitrogens with one attached hydrogen (secondary N) is 1. The largest absolute Gasteiger partial charge is 0.283 e. The molecule has 2 heterocycles. The highest BCUT2D eigenvalue weighted by molar-refractivity contribution is 7.12. The van der Waals surface area contributed by atoms with E-state index < -0.39 is 0 Å². The lowest BCUT2D eigenvalue weighted by Crippen LogP contribution is -2.21. The van der Waals surface area contributed by atoms with Crippen LogP contribution in [0.5, 0.6) is 0 Å². The van der Waals surface area contributed by atoms with Gasteiger partial charge in [-0.3, -0.25) is 5.43 Å². The van der Waals surface area contributed by atoms with Gasteiger partial charge in [0, 0.05) is 16.6 Å². The second-order valence-corrected chi connectivity index (χ2v) is 5.85. The van der Waals surface area contributed by atoms with Crippen LogP contribution in [0.1, 0.15) is 23.3 Å². The molecule has 0 saturated heterocycles. The summed E-state index contributed by atoms with van der Waals surface area (Å²) in [6.07, 6.45) is 2.19. The molecule has 4 heteroatoms. The molecule has 1 N–H and O–H groups in total. The zero-order valence-corrected chi connectivity index (χ0v) is 12.0. The maximum atomic E-state index is 6.10. The van der Waals surface area contributed by atoms with Crippen molar-refractivity contribution in [2.45, 2.75) is 12.8 Å². The molecule has 0 saturated carbocycles. The second kappa shape index (κ2) is 5.19. The summed E-state index contributed by atoms with van der Waals surface area (Å²) in [5.74, 6) is 0.151. The SMILES string of the molecule is CC1=CC(c2cccc(Cl)c2)C(c2cccs2)=NN1. The number of hydrogen-bond acceptors (Lipinski definition) is 3. The summed E-state index contributed by atoms with van der Waals surface area (Å²) in [4.78, 5) is 1.18. The van der Waals surface area contributed by atoms with E-state index >= 15 is 0 Å². The van der Waals surface area contributed by atoms with Crippen LogP contribution in [-0.2, 0) is 0 Å². The normalized spacial score (nSPS) is 18.5. The number of nitrogens with zero attached hydrogens (tertiary/aromatic N) is 1. The van der Waals surface area contributed by atoms with Crippen LogP contribution in [-0.4, -0.2) is 5.71 Å². The van der Waals surface area contributed by atoms with Crippen molar-refractivity contribution in [2.75, 3.05) is 0 Å². The fourth-order valence-corrected chi connectivity index (χ4v) is 3.12. The molecular weight excluding hydrogens is 276 g/mol. The third-order valence-electron chi connectivity index (χ3n) is 3.05. The Kier molecular flexibility index (Phi) is 3.40. The average Bonchev–Trinajstić information content (AvgIpc) is 2.92. The van der Waals surface area contributed by atoms with Crippen LogP contribution in [0.15, 0.2) is 58.7 Å². The fraction of sp³-hybridized carbons (Fsp3) is 0.133. The monoisotopic (exact) mass is 288 g/mol. The van der Waals surface area contributed by atoms with Crippen LogP contribution >= 0.6 is 22.9 Å². The number of hydrogen-bond donors (Lipinski definition) is 1. The molecule has 0 aliphatic carbocycles. The lowest BCUT2D eigenvalue weighted by Gasteiger charge is -2.21. The van der Waals surface area contributed by atoms with E-state index in [0.717, 1.165) is 16.4 Å². The predicted molar refractivity (Wildman–Crippen MR) is 81.9 cm³/mol. The molecule has 0 amide bonds. The Morgan fingerprint density at radius 2 is 2.16 bits per heavy atom. The summed E-state index contributed by atoms with van der Waals surface area (Å²) in [6, 6.07) is 12.1. The van der Waals surface area contributed by atoms with Gasteiger partial charge in [0.25, 0.3) is 0 Å². The Bertz CT molecular complexity index is 644. The van der Waals surface area contributed by atoms with Gasteiger partial charge in [-0.25, -0.2) is 0 Å². The van der Waals surface area contributed by atoms with Gasteiger partial charge >= 0.3 is 0 Å². The molecule has 1 atom stereocenters. The molecule has 1 aromatic carbocycles. The molecule has 2 aromatic rings. The minimum absolute atomic E-state index is 0.151. The number of halogens is 1. The highest BCUT2D eigenvalue weighted by Gasteiger charge is 2.22. The number of rotatable bonds is 2. The lowest BCUT2D eigenvalue weighted by atomic mass is 9.91. The molecule has 0 bridgehead atoms. The minimum atomic E-state index is 0.151. The lowest BCUT2D eigenvalue weighted by molar-refractivity contribution is 0.834. The van der Waals surface area contributed by atoms with Gasteiger partial charge < -0.3 is 0 Å². The van der Waals surface area contributed by atoms with Gasteiger partial charge in [-0.15, -0.1) is 11.3 Å². The standard InChI is InChI=1S/C15H13ClN2S/c1-10-8-13(11-4-2-5-12(16)9-11)15(18-17-10)14-6-3-7-19-14/h2-9,13,17H,1H3. The smallest absolute Gasteiger partial charge is 0.0892 e. The van der Waals surface area contributed by atoms with E-state index in [1.165, 1.54) is 10.4 Å². The van der Waals surface area contributed by atoms with E-state index in [9.17, 15) is 0 Å². The molecule has 1 aliphatic rings. The summed E-state index contributed by atoms with van der Waals surface area (Å²) in [5.41, 5.74) is 6.33. The first kappa shape index (κ1) is 12.5. The highest BCUT2D eigenvalue weighted by atomic mass is 35.5. The first-order chi connectivity index (χ1) is 9.24. The molecule has 3 rings (SSSR count). The molecule has 96 valence electrons. The van der Waals surface area contributed by atoms with Crippen LogP contribution < -0.4 is 5.43 Å². The van der Waals surface area contributed by atoms with Crippen LogP contribution in [0, 0.1) is 0 Å². The average molecular weight is 289 g/mol. The summed E-state index contributed by atoms with van der Waals surface area (Å²) in [5, 5.41) is 7.33. The van der Waals surface area contributed by atoms with E-state index in [4.69, 9.17) is 11.6 Å². The molecule has 0 fully saturated rings. The maximum Gasteiger partial charge on any atom is 0.0892 e. The van der Waals surface area contributed by atoms with Crippen LogP contribution in [0.2, 0.25) is 5.02 Å². The Morgan fingerprint density at radius 1 is 1.26 bits per heavy atom. The number of thiophene rings is 1. The van der Waals surface area contributed by atoms with E-state index in [2.05, 4.69) is 34.1 Å². The quantitative estimate of drug-likeness (QED) is 0.870. The first-order valence-corrected chi connectivity index (χ1v) is 7.31. The molecule has 19 heavy (non-hydrogen) atoms. The van der Waals surface area contributed by atoms with Gasteiger partial charge in [0.2, 0.25) is 0 Å². The fourth-order valence-electron chi connectivity index (χ4n) is 2.17. The summed E-state index contributed by atoms with van der Waals surface area (Å²) in [6.45, 7) is 2.02. The summed E-state index contributed by atoms with van der Waals surface area (Å²) < 4.78 is 0. The third kappa shape index (κ3) is 2.57. The van der Waals surface area contributed by atoms with Crippen molar-refractivity contribution in [3.8, 4) is 0 Å². The van der Waals surface area contributed by atoms with E-state index in [0.29, 0.717) is 0 Å². The molecule has 1 aromatic heterocycles. The van der Waals surface area contributed by atoms with Crippen molar-refractivity contribution in [1.82, 2.24) is 5.43 Å². The Balaban J connectivity index is 2.05. The van der Waals surface area contributed by atoms with E-state index in [1.807, 2.05) is 31.2 Å². The van der Waals surface area contributed by atoms with Crippen molar-refractivity contribution >= 4 is 28.6 Å². The Labute approximate surface area is 121 Å². The number of hydrazone groups is 1. The van der Waals surface area contributed by atoms with Crippen LogP contribution in [0.3, 0.4) is 0 Å². The summed E-state index contributed by atoms with van der Waals surface area (Å²) in [7, 11) is 0. The number of allylic oxidation sites excluding steroid dienone is 2. The molecule has 0 radical (unpaired) electrons. The van der Waals surface area contributed by atoms with Gasteiger partial charge in [0.05, 0.1) is 10.6 Å². The zero-order valence-electron chi connectivity index (χ0n) is 10.4. The Morgan fingerprint density at radius 3 is 2.89 bits per heavy atom. The van der Waals surface area contributed by atoms with E-state index in [-0.39, 0.29) is 5.92 Å². The zero-order chi connectivity index (χ0) is 13.2. The number of benzene rings is 1. The van der Waals surface area contributed by atoms with Crippen LogP contribution in [0.25, 0.3) is 0 Å². The van der Waals surface area contributed by atoms with Crippen molar-refractivity contribution in [3.63, 3.8) is 0 Å². The topological polar surface area (TPSA) is 24.4 Å². The predicted octanol–water partition coefficient (Wildman–Crippen LogP) is 4.40. The Hall–Kier alpha value is -1.58. The van der Waals surface area contributed by atoms with Crippen molar-refractivity contribution < 1.29 is 0 Å². The third-order valence-corrected chi connectivity index (χ3v) is 4.17. The van der Waals surface area contributed by atoms with Gasteiger partial charge in [-0.1, -0.05) is 35.9 Å². The minimum Gasteiger partial charge on any atom is -0.283 e. The van der Waals surface area contributed by atoms with Gasteiger partial charge in [-0.2, -0.15) is 5.10 Å². The van der Waals surface area contributed by atoms with Crippen molar-refractivity contribution in [3.05, 3.63) is 69.0 Å². The molecule has 2 nitrogen and oxygen atoms in total. The molecule has 1 aliphatic heterocycles. The molecular formula is C15H13ClN2S. The maximum absolute atomic E-state index is 6.10. The van der Waals surface area contributed by atoms with E-state index in [1.54, 1.807) is 11.3 Å². The molecule has 0 spiro atoms. The van der Waals surface area contributed by atoms with Gasteiger partial charge in [0.1, 0.15) is 0 Å². The first-order valence-electron chi connectivity index (χ1n) is 6.05. The van der Waals surface area contributed by atoms with Crippen molar-refractivity contribution in [2.24, 2.45) is 5.10 Å². The van der Waals surface area contributed by atoms with Crippen molar-refractivity contribution in [1.29, 1.82) is 0 Å². The second-order valence-electron chi connectivity index (χ2n) is 4.47. The van der Waals surface area contributed by atoms with Gasteiger partial charge in [0.15, 0.2) is 0 Å². The molecule has 1 unspecified atom stereocenters. The van der Waals surface area contributed by atoms with Gasteiger partial charge in [-0.05, 0) is 36.1 Å². The van der Waals surface area contributed by atoms with Crippen LogP contribution in [0.4, 0.5) is 0 Å². The highest BCUT2D eigenvalue weighted by Crippen LogP contribution is 2.29. The summed E-state index contributed by atoms with van der Waals surface area (Å²) >= 11 is 7.80.